The topological polar surface area (TPSA) is 93.7 Å². The highest BCUT2D eigenvalue weighted by Crippen LogP contribution is 2.24. The summed E-state index contributed by atoms with van der Waals surface area (Å²) in [5, 5.41) is 2.72. The van der Waals surface area contributed by atoms with Crippen LogP contribution in [0.25, 0.3) is 0 Å². The number of hydrogen-bond acceptors (Lipinski definition) is 5. The van der Waals surface area contributed by atoms with Gasteiger partial charge in [-0.2, -0.15) is 0 Å². The monoisotopic (exact) mass is 440 g/mol. The zero-order chi connectivity index (χ0) is 22.4. The Morgan fingerprint density at radius 2 is 1.68 bits per heavy atom. The number of sulfonamides is 1. The molecular formula is C23H24N2O5S. The lowest BCUT2D eigenvalue weighted by molar-refractivity contribution is -0.118. The molecule has 0 saturated carbocycles. The van der Waals surface area contributed by atoms with Gasteiger partial charge in [-0.15, -0.1) is 0 Å². The van der Waals surface area contributed by atoms with Crippen LogP contribution in [0.15, 0.2) is 71.6 Å². The molecule has 0 aliphatic carbocycles. The highest BCUT2D eigenvalue weighted by Gasteiger charge is 2.16. The third-order valence-electron chi connectivity index (χ3n) is 4.47. The van der Waals surface area contributed by atoms with Crippen LogP contribution in [0.5, 0.6) is 11.5 Å². The van der Waals surface area contributed by atoms with Gasteiger partial charge in [-0.05, 0) is 61.9 Å². The number of ether oxygens (including phenoxy) is 2. The molecule has 0 aliphatic rings. The first-order valence-electron chi connectivity index (χ1n) is 9.54. The predicted molar refractivity (Wildman–Crippen MR) is 120 cm³/mol. The second kappa shape index (κ2) is 9.53. The molecule has 0 radical (unpaired) electrons. The molecule has 7 nitrogen and oxygen atoms in total. The fraction of sp³-hybridized carbons (Fsp3) is 0.174. The summed E-state index contributed by atoms with van der Waals surface area (Å²) >= 11 is 0. The smallest absolute Gasteiger partial charge is 0.262 e. The summed E-state index contributed by atoms with van der Waals surface area (Å²) in [5.74, 6) is 0.714. The Morgan fingerprint density at radius 1 is 0.935 bits per heavy atom. The molecule has 0 fully saturated rings. The van der Waals surface area contributed by atoms with E-state index >= 15 is 0 Å². The van der Waals surface area contributed by atoms with Crippen LogP contribution in [0.1, 0.15) is 11.1 Å². The zero-order valence-corrected chi connectivity index (χ0v) is 18.3. The van der Waals surface area contributed by atoms with Crippen molar-refractivity contribution in [1.82, 2.24) is 0 Å². The Bertz CT molecular complexity index is 1170. The average Bonchev–Trinajstić information content (AvgIpc) is 2.74. The van der Waals surface area contributed by atoms with Crippen molar-refractivity contribution < 1.29 is 22.7 Å². The molecular weight excluding hydrogens is 416 g/mol. The van der Waals surface area contributed by atoms with Gasteiger partial charge in [0.05, 0.1) is 12.0 Å². The molecule has 162 valence electrons. The minimum absolute atomic E-state index is 0.110. The van der Waals surface area contributed by atoms with Crippen molar-refractivity contribution in [2.45, 2.75) is 18.7 Å². The highest BCUT2D eigenvalue weighted by atomic mass is 32.2. The number of rotatable bonds is 8. The summed E-state index contributed by atoms with van der Waals surface area (Å²) in [4.78, 5) is 12.3. The highest BCUT2D eigenvalue weighted by molar-refractivity contribution is 7.92. The van der Waals surface area contributed by atoms with Crippen LogP contribution in [0.2, 0.25) is 0 Å². The van der Waals surface area contributed by atoms with E-state index in [1.54, 1.807) is 50.4 Å². The number of hydrogen-bond donors (Lipinski definition) is 2. The summed E-state index contributed by atoms with van der Waals surface area (Å²) in [6.45, 7) is 3.43. The summed E-state index contributed by atoms with van der Waals surface area (Å²) < 4.78 is 38.5. The van der Waals surface area contributed by atoms with Crippen molar-refractivity contribution in [1.29, 1.82) is 0 Å². The minimum atomic E-state index is -3.74. The lowest BCUT2D eigenvalue weighted by Gasteiger charge is -2.13. The van der Waals surface area contributed by atoms with E-state index in [0.717, 1.165) is 5.56 Å². The van der Waals surface area contributed by atoms with Gasteiger partial charge in [0.25, 0.3) is 15.9 Å². The first-order chi connectivity index (χ1) is 14.8. The van der Waals surface area contributed by atoms with Crippen LogP contribution in [0, 0.1) is 13.8 Å². The predicted octanol–water partition coefficient (Wildman–Crippen LogP) is 4.13. The molecule has 0 unspecified atom stereocenters. The normalized spacial score (nSPS) is 10.9. The van der Waals surface area contributed by atoms with Crippen molar-refractivity contribution in [3.05, 3.63) is 77.9 Å². The van der Waals surface area contributed by atoms with Gasteiger partial charge in [-0.25, -0.2) is 8.42 Å². The van der Waals surface area contributed by atoms with Crippen LogP contribution in [-0.2, 0) is 14.8 Å². The van der Waals surface area contributed by atoms with E-state index in [9.17, 15) is 13.2 Å². The first kappa shape index (κ1) is 22.2. The molecule has 0 aromatic heterocycles. The summed E-state index contributed by atoms with van der Waals surface area (Å²) in [5.41, 5.74) is 2.71. The standard InChI is InChI=1S/C23H24N2O5S/c1-16-7-9-18(10-8-16)25-31(27,28)21-11-12-22(17(2)13-21)30-15-23(26)24-19-5-4-6-20(14-19)29-3/h4-14,25H,15H2,1-3H3,(H,24,26). The Labute approximate surface area is 182 Å². The van der Waals surface area contributed by atoms with Crippen molar-refractivity contribution in [2.24, 2.45) is 0 Å². The van der Waals surface area contributed by atoms with E-state index in [1.807, 2.05) is 19.1 Å². The summed E-state index contributed by atoms with van der Waals surface area (Å²) in [6, 6.07) is 18.5. The second-order valence-electron chi connectivity index (χ2n) is 6.97. The molecule has 3 aromatic rings. The second-order valence-corrected chi connectivity index (χ2v) is 8.65. The Balaban J connectivity index is 1.63. The van der Waals surface area contributed by atoms with E-state index in [4.69, 9.17) is 9.47 Å². The first-order valence-corrected chi connectivity index (χ1v) is 11.0. The molecule has 3 aromatic carbocycles. The molecule has 0 saturated heterocycles. The van der Waals surface area contributed by atoms with Gasteiger partial charge in [0.15, 0.2) is 6.61 Å². The third kappa shape index (κ3) is 5.99. The van der Waals surface area contributed by atoms with Crippen molar-refractivity contribution >= 4 is 27.3 Å². The molecule has 0 spiro atoms. The molecule has 0 aliphatic heterocycles. The van der Waals surface area contributed by atoms with E-state index in [-0.39, 0.29) is 17.4 Å². The van der Waals surface area contributed by atoms with Gasteiger partial charge in [0.2, 0.25) is 0 Å². The number of carbonyl (C=O) groups is 1. The number of anilines is 2. The third-order valence-corrected chi connectivity index (χ3v) is 5.85. The van der Waals surface area contributed by atoms with Crippen LogP contribution in [-0.4, -0.2) is 28.0 Å². The van der Waals surface area contributed by atoms with Gasteiger partial charge in [-0.1, -0.05) is 23.8 Å². The van der Waals surface area contributed by atoms with Crippen LogP contribution < -0.4 is 19.5 Å². The maximum Gasteiger partial charge on any atom is 0.262 e. The number of nitrogens with one attached hydrogen (secondary N) is 2. The van der Waals surface area contributed by atoms with Gasteiger partial charge in [0.1, 0.15) is 11.5 Å². The molecule has 3 rings (SSSR count). The number of aryl methyl sites for hydroxylation is 2. The lowest BCUT2D eigenvalue weighted by Crippen LogP contribution is -2.20. The molecule has 2 N–H and O–H groups in total. The number of amides is 1. The van der Waals surface area contributed by atoms with Gasteiger partial charge in [0, 0.05) is 17.4 Å². The van der Waals surface area contributed by atoms with Crippen LogP contribution in [0.4, 0.5) is 11.4 Å². The quantitative estimate of drug-likeness (QED) is 0.549. The lowest BCUT2D eigenvalue weighted by atomic mass is 10.2. The number of benzene rings is 3. The van der Waals surface area contributed by atoms with Crippen LogP contribution >= 0.6 is 0 Å². The average molecular weight is 441 g/mol. The Morgan fingerprint density at radius 3 is 2.35 bits per heavy atom. The SMILES string of the molecule is COc1cccc(NC(=O)COc2ccc(S(=O)(=O)Nc3ccc(C)cc3)cc2C)c1. The molecule has 31 heavy (non-hydrogen) atoms. The maximum absolute atomic E-state index is 12.6. The molecule has 0 heterocycles. The van der Waals surface area contributed by atoms with Crippen LogP contribution in [0.3, 0.4) is 0 Å². The van der Waals surface area contributed by atoms with E-state index in [1.165, 1.54) is 18.2 Å². The number of carbonyl (C=O) groups excluding carboxylic acids is 1. The largest absolute Gasteiger partial charge is 0.497 e. The fourth-order valence-corrected chi connectivity index (χ4v) is 3.97. The van der Waals surface area contributed by atoms with Crippen molar-refractivity contribution in [3.63, 3.8) is 0 Å². The zero-order valence-electron chi connectivity index (χ0n) is 17.5. The minimum Gasteiger partial charge on any atom is -0.497 e. The van der Waals surface area contributed by atoms with E-state index < -0.39 is 10.0 Å². The Hall–Kier alpha value is -3.52. The molecule has 8 heteroatoms. The molecule has 1 amide bonds. The van der Waals surface area contributed by atoms with Gasteiger partial charge >= 0.3 is 0 Å². The summed E-state index contributed by atoms with van der Waals surface area (Å²) in [6.07, 6.45) is 0. The Kier molecular flexibility index (Phi) is 6.81. The number of methoxy groups -OCH3 is 1. The molecule has 0 bridgehead atoms. The van der Waals surface area contributed by atoms with Gasteiger partial charge in [-0.3, -0.25) is 9.52 Å². The van der Waals surface area contributed by atoms with Gasteiger partial charge < -0.3 is 14.8 Å². The van der Waals surface area contributed by atoms with Crippen molar-refractivity contribution in [2.75, 3.05) is 23.8 Å². The maximum atomic E-state index is 12.6. The van der Waals surface area contributed by atoms with E-state index in [2.05, 4.69) is 10.0 Å². The molecule has 0 atom stereocenters. The van der Waals surface area contributed by atoms with E-state index in [0.29, 0.717) is 28.4 Å². The fourth-order valence-electron chi connectivity index (χ4n) is 2.83. The summed E-state index contributed by atoms with van der Waals surface area (Å²) in [7, 11) is -2.19. The van der Waals surface area contributed by atoms with Crippen molar-refractivity contribution in [3.8, 4) is 11.5 Å².